The normalized spacial score (nSPS) is 12.8. The third-order valence-electron chi connectivity index (χ3n) is 2.18. The number of ether oxygens (including phenoxy) is 1. The Morgan fingerprint density at radius 3 is 2.94 bits per heavy atom. The smallest absolute Gasteiger partial charge is 0.309 e. The van der Waals surface area contributed by atoms with Crippen LogP contribution in [-0.4, -0.2) is 41.4 Å². The standard InChI is InChI=1S/C10H16ClN3O2/c1-8(10(15)16-3)5-13(2)7-14-6-9(11)4-12-14/h4,6,8H,5,7H2,1-3H3. The molecule has 0 saturated heterocycles. The largest absolute Gasteiger partial charge is 0.469 e. The van der Waals surface area contributed by atoms with Crippen molar-refractivity contribution in [1.82, 2.24) is 14.7 Å². The van der Waals surface area contributed by atoms with Crippen molar-refractivity contribution in [3.8, 4) is 0 Å². The SMILES string of the molecule is COC(=O)C(C)CN(C)Cn1cc(Cl)cn1. The predicted octanol–water partition coefficient (Wildman–Crippen LogP) is 1.23. The lowest BCUT2D eigenvalue weighted by Crippen LogP contribution is -2.31. The first-order valence-electron chi connectivity index (χ1n) is 4.97. The first-order chi connectivity index (χ1) is 7.52. The molecule has 0 radical (unpaired) electrons. The summed E-state index contributed by atoms with van der Waals surface area (Å²) < 4.78 is 6.37. The molecule has 0 N–H and O–H groups in total. The van der Waals surface area contributed by atoms with E-state index >= 15 is 0 Å². The molecule has 90 valence electrons. The zero-order valence-electron chi connectivity index (χ0n) is 9.68. The fraction of sp³-hybridized carbons (Fsp3) is 0.600. The minimum absolute atomic E-state index is 0.152. The molecule has 1 rings (SSSR count). The van der Waals surface area contributed by atoms with Crippen molar-refractivity contribution >= 4 is 17.6 Å². The van der Waals surface area contributed by atoms with Crippen LogP contribution in [0.1, 0.15) is 6.92 Å². The molecule has 1 heterocycles. The molecule has 0 aromatic carbocycles. The van der Waals surface area contributed by atoms with Gasteiger partial charge < -0.3 is 4.74 Å². The second kappa shape index (κ2) is 5.86. The van der Waals surface area contributed by atoms with Crippen LogP contribution < -0.4 is 0 Å². The number of halogens is 1. The lowest BCUT2D eigenvalue weighted by Gasteiger charge is -2.19. The fourth-order valence-electron chi connectivity index (χ4n) is 1.46. The average molecular weight is 246 g/mol. The Morgan fingerprint density at radius 1 is 1.75 bits per heavy atom. The first kappa shape index (κ1) is 13.0. The van der Waals surface area contributed by atoms with Crippen molar-refractivity contribution in [3.63, 3.8) is 0 Å². The zero-order valence-corrected chi connectivity index (χ0v) is 10.4. The summed E-state index contributed by atoms with van der Waals surface area (Å²) in [5.74, 6) is -0.355. The van der Waals surface area contributed by atoms with Crippen LogP contribution in [0.3, 0.4) is 0 Å². The van der Waals surface area contributed by atoms with Gasteiger partial charge in [-0.1, -0.05) is 18.5 Å². The molecule has 0 aliphatic carbocycles. The van der Waals surface area contributed by atoms with Gasteiger partial charge in [-0.3, -0.25) is 14.4 Å². The predicted molar refractivity (Wildman–Crippen MR) is 61.0 cm³/mol. The maximum atomic E-state index is 11.2. The number of methoxy groups -OCH3 is 1. The molecule has 1 atom stereocenters. The highest BCUT2D eigenvalue weighted by Gasteiger charge is 2.15. The van der Waals surface area contributed by atoms with E-state index in [1.54, 1.807) is 17.1 Å². The van der Waals surface area contributed by atoms with E-state index in [4.69, 9.17) is 11.6 Å². The van der Waals surface area contributed by atoms with E-state index in [1.165, 1.54) is 7.11 Å². The molecule has 1 aromatic heterocycles. The first-order valence-corrected chi connectivity index (χ1v) is 5.35. The van der Waals surface area contributed by atoms with Crippen LogP contribution in [0.5, 0.6) is 0 Å². The van der Waals surface area contributed by atoms with Crippen LogP contribution in [0.15, 0.2) is 12.4 Å². The summed E-state index contributed by atoms with van der Waals surface area (Å²) in [5, 5.41) is 4.66. The third-order valence-corrected chi connectivity index (χ3v) is 2.37. The van der Waals surface area contributed by atoms with Gasteiger partial charge in [-0.05, 0) is 7.05 Å². The summed E-state index contributed by atoms with van der Waals surface area (Å²) in [6.45, 7) is 3.04. The molecule has 0 fully saturated rings. The quantitative estimate of drug-likeness (QED) is 0.733. The Labute approximate surface area is 99.9 Å². The minimum Gasteiger partial charge on any atom is -0.469 e. The molecule has 0 spiro atoms. The molecular formula is C10H16ClN3O2. The number of aromatic nitrogens is 2. The van der Waals surface area contributed by atoms with Gasteiger partial charge in [-0.2, -0.15) is 5.10 Å². The number of rotatable bonds is 5. The number of carbonyl (C=O) groups is 1. The van der Waals surface area contributed by atoms with Crippen LogP contribution in [0.25, 0.3) is 0 Å². The Morgan fingerprint density at radius 2 is 2.44 bits per heavy atom. The van der Waals surface area contributed by atoms with Gasteiger partial charge in [-0.15, -0.1) is 0 Å². The molecule has 0 aliphatic heterocycles. The van der Waals surface area contributed by atoms with Crippen LogP contribution in [-0.2, 0) is 16.2 Å². The van der Waals surface area contributed by atoms with Crippen LogP contribution in [0, 0.1) is 5.92 Å². The highest BCUT2D eigenvalue weighted by Crippen LogP contribution is 2.06. The van der Waals surface area contributed by atoms with Gasteiger partial charge in [0.2, 0.25) is 0 Å². The van der Waals surface area contributed by atoms with E-state index in [2.05, 4.69) is 9.84 Å². The topological polar surface area (TPSA) is 47.4 Å². The molecule has 16 heavy (non-hydrogen) atoms. The maximum absolute atomic E-state index is 11.2. The van der Waals surface area contributed by atoms with E-state index in [-0.39, 0.29) is 11.9 Å². The minimum atomic E-state index is -0.203. The summed E-state index contributed by atoms with van der Waals surface area (Å²) in [5.41, 5.74) is 0. The summed E-state index contributed by atoms with van der Waals surface area (Å²) in [4.78, 5) is 13.2. The molecule has 6 heteroatoms. The zero-order chi connectivity index (χ0) is 12.1. The van der Waals surface area contributed by atoms with Gasteiger partial charge in [0.1, 0.15) is 0 Å². The number of carbonyl (C=O) groups excluding carboxylic acids is 1. The van der Waals surface area contributed by atoms with Gasteiger partial charge in [0.25, 0.3) is 0 Å². The molecule has 0 saturated carbocycles. The lowest BCUT2D eigenvalue weighted by atomic mass is 10.2. The average Bonchev–Trinajstić information content (AvgIpc) is 2.62. The molecule has 0 amide bonds. The van der Waals surface area contributed by atoms with Crippen molar-refractivity contribution in [2.24, 2.45) is 5.92 Å². The van der Waals surface area contributed by atoms with Crippen molar-refractivity contribution < 1.29 is 9.53 Å². The number of nitrogens with zero attached hydrogens (tertiary/aromatic N) is 3. The molecule has 1 aromatic rings. The molecular weight excluding hydrogens is 230 g/mol. The van der Waals surface area contributed by atoms with Gasteiger partial charge >= 0.3 is 5.97 Å². The van der Waals surface area contributed by atoms with E-state index in [0.29, 0.717) is 18.2 Å². The van der Waals surface area contributed by atoms with Crippen LogP contribution in [0.4, 0.5) is 0 Å². The van der Waals surface area contributed by atoms with Gasteiger partial charge in [0, 0.05) is 12.7 Å². The monoisotopic (exact) mass is 245 g/mol. The molecule has 0 bridgehead atoms. The Balaban J connectivity index is 2.41. The van der Waals surface area contributed by atoms with Gasteiger partial charge in [0.05, 0.1) is 30.9 Å². The summed E-state index contributed by atoms with van der Waals surface area (Å²) in [6, 6.07) is 0. The molecule has 0 aliphatic rings. The fourth-order valence-corrected chi connectivity index (χ4v) is 1.62. The van der Waals surface area contributed by atoms with Gasteiger partial charge in [-0.25, -0.2) is 0 Å². The van der Waals surface area contributed by atoms with E-state index in [0.717, 1.165) is 0 Å². The van der Waals surface area contributed by atoms with E-state index in [1.807, 2.05) is 18.9 Å². The summed E-state index contributed by atoms with van der Waals surface area (Å²) in [6.07, 6.45) is 3.32. The Hall–Kier alpha value is -1.07. The van der Waals surface area contributed by atoms with Gasteiger partial charge in [0.15, 0.2) is 0 Å². The molecule has 1 unspecified atom stereocenters. The maximum Gasteiger partial charge on any atom is 0.309 e. The van der Waals surface area contributed by atoms with E-state index in [9.17, 15) is 4.79 Å². The second-order valence-corrected chi connectivity index (χ2v) is 4.24. The number of hydrogen-bond donors (Lipinski definition) is 0. The highest BCUT2D eigenvalue weighted by molar-refractivity contribution is 6.30. The lowest BCUT2D eigenvalue weighted by molar-refractivity contribution is -0.145. The molecule has 5 nitrogen and oxygen atoms in total. The Kier molecular flexibility index (Phi) is 4.76. The van der Waals surface area contributed by atoms with Crippen molar-refractivity contribution in [3.05, 3.63) is 17.4 Å². The highest BCUT2D eigenvalue weighted by atomic mass is 35.5. The van der Waals surface area contributed by atoms with E-state index < -0.39 is 0 Å². The third kappa shape index (κ3) is 3.83. The summed E-state index contributed by atoms with van der Waals surface area (Å²) >= 11 is 5.75. The number of hydrogen-bond acceptors (Lipinski definition) is 4. The summed E-state index contributed by atoms with van der Waals surface area (Å²) in [7, 11) is 3.31. The van der Waals surface area contributed by atoms with Crippen molar-refractivity contribution in [1.29, 1.82) is 0 Å². The van der Waals surface area contributed by atoms with Crippen molar-refractivity contribution in [2.45, 2.75) is 13.6 Å². The van der Waals surface area contributed by atoms with Crippen molar-refractivity contribution in [2.75, 3.05) is 20.7 Å². The van der Waals surface area contributed by atoms with Crippen LogP contribution in [0.2, 0.25) is 5.02 Å². The van der Waals surface area contributed by atoms with Crippen LogP contribution >= 0.6 is 11.6 Å². The Bertz CT molecular complexity index is 354. The second-order valence-electron chi connectivity index (χ2n) is 3.80. The number of esters is 1.